The summed E-state index contributed by atoms with van der Waals surface area (Å²) in [7, 11) is -3.49. The van der Waals surface area contributed by atoms with Gasteiger partial charge in [-0.3, -0.25) is 9.69 Å². The summed E-state index contributed by atoms with van der Waals surface area (Å²) in [4.78, 5) is 13.5. The maximum Gasteiger partial charge on any atom is 0.307 e. The van der Waals surface area contributed by atoms with E-state index >= 15 is 0 Å². The summed E-state index contributed by atoms with van der Waals surface area (Å²) < 4.78 is 26.9. The summed E-state index contributed by atoms with van der Waals surface area (Å²) in [6.45, 7) is 6.72. The highest BCUT2D eigenvalue weighted by atomic mass is 32.2. The van der Waals surface area contributed by atoms with E-state index in [0.717, 1.165) is 19.5 Å². The van der Waals surface area contributed by atoms with Gasteiger partial charge in [0.15, 0.2) is 0 Å². The first-order valence-electron chi connectivity index (χ1n) is 7.83. The summed E-state index contributed by atoms with van der Waals surface area (Å²) in [6.07, 6.45) is 2.70. The van der Waals surface area contributed by atoms with Gasteiger partial charge in [0, 0.05) is 32.2 Å². The van der Waals surface area contributed by atoms with Crippen molar-refractivity contribution in [2.45, 2.75) is 50.8 Å². The van der Waals surface area contributed by atoms with Crippen LogP contribution in [0.2, 0.25) is 0 Å². The molecule has 6 nitrogen and oxygen atoms in total. The maximum absolute atomic E-state index is 12.7. The van der Waals surface area contributed by atoms with Crippen molar-refractivity contribution in [1.29, 1.82) is 0 Å². The van der Waals surface area contributed by atoms with E-state index in [1.807, 2.05) is 0 Å². The Balaban J connectivity index is 2.03. The van der Waals surface area contributed by atoms with Crippen molar-refractivity contribution in [3.8, 4) is 0 Å². The molecule has 0 bridgehead atoms. The van der Waals surface area contributed by atoms with E-state index in [-0.39, 0.29) is 0 Å². The minimum atomic E-state index is -3.49. The molecule has 1 aliphatic heterocycles. The van der Waals surface area contributed by atoms with Gasteiger partial charge in [-0.05, 0) is 26.2 Å². The van der Waals surface area contributed by atoms with Crippen molar-refractivity contribution in [2.24, 2.45) is 5.92 Å². The van der Waals surface area contributed by atoms with Crippen molar-refractivity contribution in [2.75, 3.05) is 26.2 Å². The lowest BCUT2D eigenvalue weighted by Crippen LogP contribution is -2.53. The highest BCUT2D eigenvalue weighted by Crippen LogP contribution is 2.33. The van der Waals surface area contributed by atoms with E-state index in [0.29, 0.717) is 38.4 Å². The van der Waals surface area contributed by atoms with Crippen LogP contribution in [0.5, 0.6) is 0 Å². The van der Waals surface area contributed by atoms with Crippen LogP contribution >= 0.6 is 0 Å². The van der Waals surface area contributed by atoms with Gasteiger partial charge in [-0.25, -0.2) is 8.42 Å². The zero-order valence-electron chi connectivity index (χ0n) is 12.9. The number of rotatable bonds is 5. The van der Waals surface area contributed by atoms with Gasteiger partial charge in [-0.1, -0.05) is 13.3 Å². The van der Waals surface area contributed by atoms with Crippen LogP contribution in [0, 0.1) is 5.92 Å². The molecule has 2 aliphatic rings. The van der Waals surface area contributed by atoms with Gasteiger partial charge in [0.2, 0.25) is 10.0 Å². The van der Waals surface area contributed by atoms with Crippen molar-refractivity contribution in [3.63, 3.8) is 0 Å². The molecule has 0 amide bonds. The van der Waals surface area contributed by atoms with Crippen LogP contribution in [0.15, 0.2) is 0 Å². The first kappa shape index (κ1) is 16.7. The number of aliphatic carboxylic acids is 1. The van der Waals surface area contributed by atoms with Crippen LogP contribution in [0.4, 0.5) is 0 Å². The van der Waals surface area contributed by atoms with Crippen LogP contribution in [0.3, 0.4) is 0 Å². The lowest BCUT2D eigenvalue weighted by atomic mass is 10.1. The fraction of sp³-hybridized carbons (Fsp3) is 0.929. The highest BCUT2D eigenvalue weighted by molar-refractivity contribution is 7.89. The molecule has 1 aliphatic carbocycles. The number of piperazine rings is 1. The van der Waals surface area contributed by atoms with Crippen LogP contribution in [0.1, 0.15) is 39.5 Å². The van der Waals surface area contributed by atoms with Gasteiger partial charge in [0.25, 0.3) is 0 Å². The largest absolute Gasteiger partial charge is 0.481 e. The SMILES string of the molecule is CCC(C)N1CCN(S(=O)(=O)C2CCCC2C(=O)O)CC1. The third kappa shape index (κ3) is 3.40. The van der Waals surface area contributed by atoms with Gasteiger partial charge in [-0.2, -0.15) is 4.31 Å². The summed E-state index contributed by atoms with van der Waals surface area (Å²) in [5, 5.41) is 8.47. The molecule has 2 rings (SSSR count). The molecular formula is C14H26N2O4S. The molecule has 0 aromatic heterocycles. The highest BCUT2D eigenvalue weighted by Gasteiger charge is 2.44. The molecule has 3 atom stereocenters. The van der Waals surface area contributed by atoms with Gasteiger partial charge in [0.05, 0.1) is 11.2 Å². The van der Waals surface area contributed by atoms with Gasteiger partial charge < -0.3 is 5.11 Å². The summed E-state index contributed by atoms with van der Waals surface area (Å²) in [5.41, 5.74) is 0. The zero-order chi connectivity index (χ0) is 15.6. The van der Waals surface area contributed by atoms with Crippen molar-refractivity contribution >= 4 is 16.0 Å². The molecule has 1 saturated heterocycles. The number of carboxylic acid groups (broad SMARTS) is 1. The molecule has 0 spiro atoms. The van der Waals surface area contributed by atoms with Crippen molar-refractivity contribution in [1.82, 2.24) is 9.21 Å². The molecule has 21 heavy (non-hydrogen) atoms. The number of carbonyl (C=O) groups is 1. The topological polar surface area (TPSA) is 77.9 Å². The Hall–Kier alpha value is -0.660. The number of carboxylic acids is 1. The Morgan fingerprint density at radius 1 is 1.24 bits per heavy atom. The number of hydrogen-bond donors (Lipinski definition) is 1. The maximum atomic E-state index is 12.7. The van der Waals surface area contributed by atoms with E-state index in [2.05, 4.69) is 18.7 Å². The third-order valence-corrected chi connectivity index (χ3v) is 7.41. The fourth-order valence-corrected chi connectivity index (χ4v) is 5.60. The second kappa shape index (κ2) is 6.62. The fourth-order valence-electron chi connectivity index (χ4n) is 3.41. The third-order valence-electron chi connectivity index (χ3n) is 5.00. The second-order valence-corrected chi connectivity index (χ2v) is 8.30. The first-order valence-corrected chi connectivity index (χ1v) is 9.34. The molecule has 122 valence electrons. The molecule has 1 heterocycles. The lowest BCUT2D eigenvalue weighted by Gasteiger charge is -2.38. The van der Waals surface area contributed by atoms with Gasteiger partial charge >= 0.3 is 5.97 Å². The molecule has 1 saturated carbocycles. The minimum Gasteiger partial charge on any atom is -0.481 e. The Morgan fingerprint density at radius 2 is 1.86 bits per heavy atom. The van der Waals surface area contributed by atoms with E-state index in [1.54, 1.807) is 0 Å². The van der Waals surface area contributed by atoms with Gasteiger partial charge in [0.1, 0.15) is 0 Å². The molecule has 0 aromatic rings. The average molecular weight is 318 g/mol. The molecule has 2 fully saturated rings. The second-order valence-electron chi connectivity index (χ2n) is 6.15. The van der Waals surface area contributed by atoms with E-state index in [4.69, 9.17) is 0 Å². The molecule has 3 unspecified atom stereocenters. The monoisotopic (exact) mass is 318 g/mol. The molecule has 7 heteroatoms. The molecular weight excluding hydrogens is 292 g/mol. The predicted octanol–water partition coefficient (Wildman–Crippen LogP) is 0.986. The quantitative estimate of drug-likeness (QED) is 0.818. The smallest absolute Gasteiger partial charge is 0.307 e. The standard InChI is InChI=1S/C14H26N2O4S/c1-3-11(2)15-7-9-16(10-8-15)21(19,20)13-6-4-5-12(13)14(17)18/h11-13H,3-10H2,1-2H3,(H,17,18). The molecule has 0 aromatic carbocycles. The van der Waals surface area contributed by atoms with Crippen LogP contribution in [-0.4, -0.2) is 66.2 Å². The Bertz CT molecular complexity index is 471. The molecule has 0 radical (unpaired) electrons. The lowest BCUT2D eigenvalue weighted by molar-refractivity contribution is -0.141. The summed E-state index contributed by atoms with van der Waals surface area (Å²) >= 11 is 0. The van der Waals surface area contributed by atoms with E-state index in [9.17, 15) is 18.3 Å². The van der Waals surface area contributed by atoms with Crippen molar-refractivity contribution in [3.05, 3.63) is 0 Å². The summed E-state index contributed by atoms with van der Waals surface area (Å²) in [5.74, 6) is -1.71. The molecule has 1 N–H and O–H groups in total. The van der Waals surface area contributed by atoms with Crippen LogP contribution in [-0.2, 0) is 14.8 Å². The van der Waals surface area contributed by atoms with Crippen LogP contribution < -0.4 is 0 Å². The minimum absolute atomic E-state index is 0.466. The number of nitrogens with zero attached hydrogens (tertiary/aromatic N) is 2. The number of hydrogen-bond acceptors (Lipinski definition) is 4. The number of sulfonamides is 1. The Kier molecular flexibility index (Phi) is 5.27. The van der Waals surface area contributed by atoms with E-state index in [1.165, 1.54) is 4.31 Å². The first-order chi connectivity index (χ1) is 9.87. The van der Waals surface area contributed by atoms with Crippen molar-refractivity contribution < 1.29 is 18.3 Å². The Labute approximate surface area is 127 Å². The predicted molar refractivity (Wildman–Crippen MR) is 80.6 cm³/mol. The Morgan fingerprint density at radius 3 is 2.38 bits per heavy atom. The van der Waals surface area contributed by atoms with E-state index < -0.39 is 27.2 Å². The average Bonchev–Trinajstić information content (AvgIpc) is 2.97. The normalized spacial score (nSPS) is 30.4. The van der Waals surface area contributed by atoms with Crippen LogP contribution in [0.25, 0.3) is 0 Å². The summed E-state index contributed by atoms with van der Waals surface area (Å²) in [6, 6.07) is 0.466. The van der Waals surface area contributed by atoms with Gasteiger partial charge in [-0.15, -0.1) is 0 Å². The zero-order valence-corrected chi connectivity index (χ0v) is 13.7.